The van der Waals surface area contributed by atoms with Crippen LogP contribution in [0.4, 0.5) is 0 Å². The number of ether oxygens (including phenoxy) is 2. The lowest BCUT2D eigenvalue weighted by Crippen LogP contribution is -2.34. The van der Waals surface area contributed by atoms with Crippen LogP contribution in [0.1, 0.15) is 27.5 Å². The molecule has 0 aromatic heterocycles. The van der Waals surface area contributed by atoms with Gasteiger partial charge < -0.3 is 19.7 Å². The highest BCUT2D eigenvalue weighted by molar-refractivity contribution is 5.94. The first-order valence-corrected chi connectivity index (χ1v) is 9.92. The summed E-state index contributed by atoms with van der Waals surface area (Å²) in [5.41, 5.74) is 2.83. The summed E-state index contributed by atoms with van der Waals surface area (Å²) in [5, 5.41) is 3.03. The highest BCUT2D eigenvalue weighted by atomic mass is 16.5. The molecule has 1 unspecified atom stereocenters. The molecule has 5 nitrogen and oxygen atoms in total. The van der Waals surface area contributed by atoms with E-state index < -0.39 is 0 Å². The fraction of sp³-hybridized carbons (Fsp3) is 0.240. The van der Waals surface area contributed by atoms with Crippen LogP contribution in [-0.2, 0) is 6.61 Å². The quantitative estimate of drug-likeness (QED) is 0.578. The number of benzene rings is 3. The fourth-order valence-electron chi connectivity index (χ4n) is 3.16. The zero-order valence-electron chi connectivity index (χ0n) is 17.7. The number of nitrogens with zero attached hydrogens (tertiary/aromatic N) is 1. The Kier molecular flexibility index (Phi) is 7.46. The summed E-state index contributed by atoms with van der Waals surface area (Å²) in [6.07, 6.45) is 0. The first-order chi connectivity index (χ1) is 14.6. The first-order valence-electron chi connectivity index (χ1n) is 9.92. The van der Waals surface area contributed by atoms with Gasteiger partial charge in [0.2, 0.25) is 0 Å². The monoisotopic (exact) mass is 404 g/mol. The van der Waals surface area contributed by atoms with Gasteiger partial charge in [0.1, 0.15) is 18.1 Å². The summed E-state index contributed by atoms with van der Waals surface area (Å²) in [4.78, 5) is 14.7. The molecule has 3 aromatic carbocycles. The van der Waals surface area contributed by atoms with E-state index in [1.54, 1.807) is 19.2 Å². The maximum Gasteiger partial charge on any atom is 0.251 e. The second-order valence-electron chi connectivity index (χ2n) is 7.26. The van der Waals surface area contributed by atoms with Gasteiger partial charge in [-0.05, 0) is 61.6 Å². The maximum atomic E-state index is 12.6. The third kappa shape index (κ3) is 5.84. The molecule has 0 fully saturated rings. The lowest BCUT2D eigenvalue weighted by molar-refractivity contribution is 0.0942. The molecule has 0 aliphatic heterocycles. The molecule has 1 N–H and O–H groups in total. The van der Waals surface area contributed by atoms with Gasteiger partial charge in [-0.3, -0.25) is 4.79 Å². The van der Waals surface area contributed by atoms with Crippen molar-refractivity contribution in [1.29, 1.82) is 0 Å². The minimum absolute atomic E-state index is 0.0633. The van der Waals surface area contributed by atoms with E-state index in [1.165, 1.54) is 0 Å². The zero-order valence-corrected chi connectivity index (χ0v) is 17.7. The maximum absolute atomic E-state index is 12.6. The summed E-state index contributed by atoms with van der Waals surface area (Å²) in [6.45, 7) is 1.00. The highest BCUT2D eigenvalue weighted by Crippen LogP contribution is 2.21. The van der Waals surface area contributed by atoms with Crippen LogP contribution in [0.2, 0.25) is 0 Å². The molecule has 0 saturated heterocycles. The number of methoxy groups -OCH3 is 1. The van der Waals surface area contributed by atoms with Crippen molar-refractivity contribution in [2.45, 2.75) is 12.6 Å². The van der Waals surface area contributed by atoms with Crippen LogP contribution in [0.15, 0.2) is 78.9 Å². The Labute approximate surface area is 178 Å². The lowest BCUT2D eigenvalue weighted by atomic mass is 10.1. The first kappa shape index (κ1) is 21.4. The molecule has 1 atom stereocenters. The van der Waals surface area contributed by atoms with E-state index in [-0.39, 0.29) is 11.9 Å². The van der Waals surface area contributed by atoms with Crippen LogP contribution in [-0.4, -0.2) is 38.6 Å². The van der Waals surface area contributed by atoms with Crippen molar-refractivity contribution in [2.75, 3.05) is 27.7 Å². The van der Waals surface area contributed by atoms with Gasteiger partial charge in [-0.1, -0.05) is 42.5 Å². The zero-order chi connectivity index (χ0) is 21.3. The Balaban J connectivity index is 1.56. The van der Waals surface area contributed by atoms with Gasteiger partial charge in [0, 0.05) is 12.1 Å². The lowest BCUT2D eigenvalue weighted by Gasteiger charge is -2.25. The predicted molar refractivity (Wildman–Crippen MR) is 119 cm³/mol. The summed E-state index contributed by atoms with van der Waals surface area (Å²) >= 11 is 0. The molecule has 156 valence electrons. The number of amides is 1. The predicted octanol–water partition coefficient (Wildman–Crippen LogP) is 4.31. The number of carbonyl (C=O) groups is 1. The summed E-state index contributed by atoms with van der Waals surface area (Å²) in [6, 6.07) is 25.2. The van der Waals surface area contributed by atoms with Gasteiger partial charge in [0.25, 0.3) is 5.91 Å². The average Bonchev–Trinajstić information content (AvgIpc) is 2.79. The van der Waals surface area contributed by atoms with Gasteiger partial charge in [-0.2, -0.15) is 0 Å². The molecule has 3 aromatic rings. The van der Waals surface area contributed by atoms with Crippen LogP contribution >= 0.6 is 0 Å². The standard InChI is InChI=1S/C25H28N2O3/c1-27(2)24(20-9-13-22(29-3)14-10-20)17-26-25(28)21-11-15-23(16-12-21)30-18-19-7-5-4-6-8-19/h4-16,24H,17-18H2,1-3H3,(H,26,28). The van der Waals surface area contributed by atoms with Crippen molar-refractivity contribution in [3.63, 3.8) is 0 Å². The molecule has 0 aliphatic carbocycles. The Morgan fingerprint density at radius 1 is 0.900 bits per heavy atom. The van der Waals surface area contributed by atoms with E-state index in [1.807, 2.05) is 80.8 Å². The van der Waals surface area contributed by atoms with Crippen molar-refractivity contribution in [3.05, 3.63) is 95.6 Å². The van der Waals surface area contributed by atoms with E-state index in [9.17, 15) is 4.79 Å². The Bertz CT molecular complexity index is 923. The number of rotatable bonds is 9. The third-order valence-electron chi connectivity index (χ3n) is 4.94. The number of carbonyl (C=O) groups excluding carboxylic acids is 1. The summed E-state index contributed by atoms with van der Waals surface area (Å²) in [7, 11) is 5.65. The molecule has 0 radical (unpaired) electrons. The molecule has 0 heterocycles. The van der Waals surface area contributed by atoms with Crippen molar-refractivity contribution in [3.8, 4) is 11.5 Å². The van der Waals surface area contributed by atoms with Crippen LogP contribution in [0.5, 0.6) is 11.5 Å². The second kappa shape index (κ2) is 10.5. The van der Waals surface area contributed by atoms with Gasteiger partial charge in [0.05, 0.1) is 13.2 Å². The molecule has 0 spiro atoms. The van der Waals surface area contributed by atoms with Crippen molar-refractivity contribution < 1.29 is 14.3 Å². The number of likely N-dealkylation sites (N-methyl/N-ethyl adjacent to an activating group) is 1. The van der Waals surface area contributed by atoms with Gasteiger partial charge in [0.15, 0.2) is 0 Å². The van der Waals surface area contributed by atoms with E-state index in [4.69, 9.17) is 9.47 Å². The van der Waals surface area contributed by atoms with Crippen LogP contribution < -0.4 is 14.8 Å². The normalized spacial score (nSPS) is 11.7. The van der Waals surface area contributed by atoms with Gasteiger partial charge in [-0.15, -0.1) is 0 Å². The SMILES string of the molecule is COc1ccc(C(CNC(=O)c2ccc(OCc3ccccc3)cc2)N(C)C)cc1. The molecule has 1 amide bonds. The van der Waals surface area contributed by atoms with Crippen LogP contribution in [0, 0.1) is 0 Å². The minimum atomic E-state index is -0.107. The summed E-state index contributed by atoms with van der Waals surface area (Å²) in [5.74, 6) is 1.44. The highest BCUT2D eigenvalue weighted by Gasteiger charge is 2.16. The Hall–Kier alpha value is -3.31. The topological polar surface area (TPSA) is 50.8 Å². The average molecular weight is 405 g/mol. The Morgan fingerprint density at radius 3 is 2.13 bits per heavy atom. The van der Waals surface area contributed by atoms with Crippen molar-refractivity contribution in [2.24, 2.45) is 0 Å². The van der Waals surface area contributed by atoms with Crippen molar-refractivity contribution in [1.82, 2.24) is 10.2 Å². The molecular weight excluding hydrogens is 376 g/mol. The van der Waals surface area contributed by atoms with E-state index >= 15 is 0 Å². The minimum Gasteiger partial charge on any atom is -0.497 e. The molecule has 3 rings (SSSR count). The van der Waals surface area contributed by atoms with E-state index in [2.05, 4.69) is 10.2 Å². The summed E-state index contributed by atoms with van der Waals surface area (Å²) < 4.78 is 11.0. The van der Waals surface area contributed by atoms with Crippen LogP contribution in [0.3, 0.4) is 0 Å². The second-order valence-corrected chi connectivity index (χ2v) is 7.26. The molecule has 0 bridgehead atoms. The smallest absolute Gasteiger partial charge is 0.251 e. The fourth-order valence-corrected chi connectivity index (χ4v) is 3.16. The largest absolute Gasteiger partial charge is 0.497 e. The molecular formula is C25H28N2O3. The number of hydrogen-bond donors (Lipinski definition) is 1. The molecule has 30 heavy (non-hydrogen) atoms. The van der Waals surface area contributed by atoms with E-state index in [0.717, 1.165) is 22.6 Å². The van der Waals surface area contributed by atoms with Crippen molar-refractivity contribution >= 4 is 5.91 Å². The number of nitrogens with one attached hydrogen (secondary N) is 1. The molecule has 0 aliphatic rings. The third-order valence-corrected chi connectivity index (χ3v) is 4.94. The van der Waals surface area contributed by atoms with E-state index in [0.29, 0.717) is 18.7 Å². The molecule has 5 heteroatoms. The Morgan fingerprint density at radius 2 is 1.53 bits per heavy atom. The van der Waals surface area contributed by atoms with Gasteiger partial charge in [-0.25, -0.2) is 0 Å². The van der Waals surface area contributed by atoms with Gasteiger partial charge >= 0.3 is 0 Å². The molecule has 0 saturated carbocycles. The number of hydrogen-bond acceptors (Lipinski definition) is 4. The van der Waals surface area contributed by atoms with Crippen LogP contribution in [0.25, 0.3) is 0 Å².